The molecule has 6 heteroatoms. The molecule has 126 valence electrons. The third-order valence-corrected chi connectivity index (χ3v) is 4.90. The molecular weight excluding hydrogens is 297 g/mol. The number of benzene rings is 1. The smallest absolute Gasteiger partial charge is 0.225 e. The van der Waals surface area contributed by atoms with Crippen LogP contribution in [0.25, 0.3) is 0 Å². The van der Waals surface area contributed by atoms with Gasteiger partial charge < -0.3 is 20.3 Å². The quantitative estimate of drug-likeness (QED) is 0.919. The van der Waals surface area contributed by atoms with Crippen LogP contribution >= 0.6 is 0 Å². The number of halogens is 1. The molecule has 0 aromatic heterocycles. The molecule has 1 aliphatic heterocycles. The number of nitrogens with two attached hydrogens (primary N) is 1. The van der Waals surface area contributed by atoms with Crippen LogP contribution in [0.1, 0.15) is 19.3 Å². The van der Waals surface area contributed by atoms with Gasteiger partial charge in [-0.3, -0.25) is 4.79 Å². The molecule has 2 atom stereocenters. The van der Waals surface area contributed by atoms with Gasteiger partial charge in [0, 0.05) is 44.2 Å². The SMILES string of the molecule is COc1cc(F)ccc1N1CCN(C(=O)C2CCC(N)C2)CC1. The monoisotopic (exact) mass is 321 g/mol. The number of methoxy groups -OCH3 is 1. The van der Waals surface area contributed by atoms with Crippen molar-refractivity contribution in [2.24, 2.45) is 11.7 Å². The van der Waals surface area contributed by atoms with E-state index in [9.17, 15) is 9.18 Å². The Balaban J connectivity index is 1.61. The molecule has 2 fully saturated rings. The third-order valence-electron chi connectivity index (χ3n) is 4.90. The molecule has 2 aliphatic rings. The van der Waals surface area contributed by atoms with Crippen LogP contribution < -0.4 is 15.4 Å². The summed E-state index contributed by atoms with van der Waals surface area (Å²) in [5.74, 6) is 0.559. The summed E-state index contributed by atoms with van der Waals surface area (Å²) in [6, 6.07) is 4.75. The number of piperazine rings is 1. The van der Waals surface area contributed by atoms with Crippen molar-refractivity contribution in [1.29, 1.82) is 0 Å². The topological polar surface area (TPSA) is 58.8 Å². The Labute approximate surface area is 136 Å². The summed E-state index contributed by atoms with van der Waals surface area (Å²) in [7, 11) is 1.54. The highest BCUT2D eigenvalue weighted by Gasteiger charge is 2.32. The van der Waals surface area contributed by atoms with Gasteiger partial charge in [0.05, 0.1) is 12.8 Å². The van der Waals surface area contributed by atoms with Crippen LogP contribution in [0.3, 0.4) is 0 Å². The molecule has 1 aromatic rings. The lowest BCUT2D eigenvalue weighted by Gasteiger charge is -2.37. The Morgan fingerprint density at radius 1 is 1.26 bits per heavy atom. The second-order valence-corrected chi connectivity index (χ2v) is 6.40. The second kappa shape index (κ2) is 6.74. The normalized spacial score (nSPS) is 24.8. The standard InChI is InChI=1S/C17H24FN3O2/c1-23-16-11-13(18)3-5-15(16)20-6-8-21(9-7-20)17(22)12-2-4-14(19)10-12/h3,5,11-12,14H,2,4,6-10,19H2,1H3. The molecule has 2 N–H and O–H groups in total. The largest absolute Gasteiger partial charge is 0.494 e. The minimum absolute atomic E-state index is 0.0944. The van der Waals surface area contributed by atoms with Gasteiger partial charge in [0.25, 0.3) is 0 Å². The van der Waals surface area contributed by atoms with Crippen LogP contribution in [0.5, 0.6) is 5.75 Å². The Kier molecular flexibility index (Phi) is 4.71. The van der Waals surface area contributed by atoms with Gasteiger partial charge in [-0.15, -0.1) is 0 Å². The minimum atomic E-state index is -0.308. The van der Waals surface area contributed by atoms with Crippen LogP contribution in [0.4, 0.5) is 10.1 Å². The molecule has 1 saturated heterocycles. The lowest BCUT2D eigenvalue weighted by Crippen LogP contribution is -2.50. The van der Waals surface area contributed by atoms with E-state index in [1.807, 2.05) is 4.90 Å². The molecule has 1 aliphatic carbocycles. The predicted molar refractivity (Wildman–Crippen MR) is 87.1 cm³/mol. The summed E-state index contributed by atoms with van der Waals surface area (Å²) in [5.41, 5.74) is 6.79. The van der Waals surface area contributed by atoms with Gasteiger partial charge in [-0.1, -0.05) is 0 Å². The molecule has 2 unspecified atom stereocenters. The molecule has 1 amide bonds. The first kappa shape index (κ1) is 16.1. The van der Waals surface area contributed by atoms with Crippen LogP contribution in [-0.4, -0.2) is 50.1 Å². The van der Waals surface area contributed by atoms with Gasteiger partial charge in [0.1, 0.15) is 11.6 Å². The number of carbonyl (C=O) groups is 1. The van der Waals surface area contributed by atoms with E-state index in [2.05, 4.69) is 4.90 Å². The van der Waals surface area contributed by atoms with E-state index in [4.69, 9.17) is 10.5 Å². The molecule has 1 heterocycles. The lowest BCUT2D eigenvalue weighted by molar-refractivity contribution is -0.135. The second-order valence-electron chi connectivity index (χ2n) is 6.40. The first-order chi connectivity index (χ1) is 11.1. The zero-order chi connectivity index (χ0) is 16.4. The first-order valence-electron chi connectivity index (χ1n) is 8.21. The summed E-state index contributed by atoms with van der Waals surface area (Å²) >= 11 is 0. The zero-order valence-corrected chi connectivity index (χ0v) is 13.5. The van der Waals surface area contributed by atoms with Crippen molar-refractivity contribution >= 4 is 11.6 Å². The van der Waals surface area contributed by atoms with E-state index in [0.29, 0.717) is 18.8 Å². The van der Waals surface area contributed by atoms with E-state index in [0.717, 1.165) is 38.0 Å². The van der Waals surface area contributed by atoms with Crippen LogP contribution in [0.2, 0.25) is 0 Å². The number of hydrogen-bond donors (Lipinski definition) is 1. The summed E-state index contributed by atoms with van der Waals surface area (Å²) in [6.45, 7) is 2.83. The Morgan fingerprint density at radius 3 is 2.61 bits per heavy atom. The number of amides is 1. The number of nitrogens with zero attached hydrogens (tertiary/aromatic N) is 2. The van der Waals surface area contributed by atoms with Crippen LogP contribution in [0, 0.1) is 11.7 Å². The summed E-state index contributed by atoms with van der Waals surface area (Å²) in [5, 5.41) is 0. The van der Waals surface area contributed by atoms with Crippen LogP contribution in [-0.2, 0) is 4.79 Å². The maximum Gasteiger partial charge on any atom is 0.225 e. The zero-order valence-electron chi connectivity index (χ0n) is 13.5. The van der Waals surface area contributed by atoms with Gasteiger partial charge in [-0.05, 0) is 31.4 Å². The molecule has 3 rings (SSSR count). The van der Waals surface area contributed by atoms with Crippen molar-refractivity contribution in [2.45, 2.75) is 25.3 Å². The highest BCUT2D eigenvalue weighted by Crippen LogP contribution is 2.31. The average molecular weight is 321 g/mol. The number of anilines is 1. The van der Waals surface area contributed by atoms with Crippen molar-refractivity contribution in [1.82, 2.24) is 4.90 Å². The number of hydrogen-bond acceptors (Lipinski definition) is 4. The van der Waals surface area contributed by atoms with E-state index in [1.54, 1.807) is 13.2 Å². The Morgan fingerprint density at radius 2 is 2.00 bits per heavy atom. The fraction of sp³-hybridized carbons (Fsp3) is 0.588. The maximum absolute atomic E-state index is 13.3. The number of carbonyl (C=O) groups excluding carboxylic acids is 1. The molecule has 5 nitrogen and oxygen atoms in total. The van der Waals surface area contributed by atoms with E-state index < -0.39 is 0 Å². The van der Waals surface area contributed by atoms with E-state index >= 15 is 0 Å². The summed E-state index contributed by atoms with van der Waals surface area (Å²) in [6.07, 6.45) is 2.67. The van der Waals surface area contributed by atoms with Gasteiger partial charge in [0.15, 0.2) is 0 Å². The fourth-order valence-corrected chi connectivity index (χ4v) is 3.58. The van der Waals surface area contributed by atoms with Gasteiger partial charge in [-0.25, -0.2) is 4.39 Å². The van der Waals surface area contributed by atoms with Crippen molar-refractivity contribution in [3.8, 4) is 5.75 Å². The summed E-state index contributed by atoms with van der Waals surface area (Å²) in [4.78, 5) is 16.6. The first-order valence-corrected chi connectivity index (χ1v) is 8.21. The van der Waals surface area contributed by atoms with Gasteiger partial charge in [-0.2, -0.15) is 0 Å². The number of rotatable bonds is 3. The maximum atomic E-state index is 13.3. The molecule has 23 heavy (non-hydrogen) atoms. The highest BCUT2D eigenvalue weighted by molar-refractivity contribution is 5.79. The fourth-order valence-electron chi connectivity index (χ4n) is 3.58. The molecule has 0 radical (unpaired) electrons. The van der Waals surface area contributed by atoms with Crippen molar-refractivity contribution < 1.29 is 13.9 Å². The van der Waals surface area contributed by atoms with Gasteiger partial charge >= 0.3 is 0 Å². The summed E-state index contributed by atoms with van der Waals surface area (Å²) < 4.78 is 18.6. The Bertz CT molecular complexity index is 573. The Hall–Kier alpha value is -1.82. The van der Waals surface area contributed by atoms with Crippen molar-refractivity contribution in [3.05, 3.63) is 24.0 Å². The highest BCUT2D eigenvalue weighted by atomic mass is 19.1. The lowest BCUT2D eigenvalue weighted by atomic mass is 10.1. The number of ether oxygens (including phenoxy) is 1. The average Bonchev–Trinajstić information content (AvgIpc) is 3.00. The van der Waals surface area contributed by atoms with Crippen molar-refractivity contribution in [2.75, 3.05) is 38.2 Å². The van der Waals surface area contributed by atoms with E-state index in [-0.39, 0.29) is 23.7 Å². The predicted octanol–water partition coefficient (Wildman–Crippen LogP) is 1.61. The van der Waals surface area contributed by atoms with E-state index in [1.165, 1.54) is 12.1 Å². The van der Waals surface area contributed by atoms with Gasteiger partial charge in [0.2, 0.25) is 5.91 Å². The minimum Gasteiger partial charge on any atom is -0.494 e. The molecule has 0 bridgehead atoms. The third kappa shape index (κ3) is 3.42. The molecular formula is C17H24FN3O2. The van der Waals surface area contributed by atoms with Crippen molar-refractivity contribution in [3.63, 3.8) is 0 Å². The molecule has 0 spiro atoms. The molecule has 1 aromatic carbocycles. The van der Waals surface area contributed by atoms with Crippen LogP contribution in [0.15, 0.2) is 18.2 Å². The molecule has 1 saturated carbocycles.